The lowest BCUT2D eigenvalue weighted by Gasteiger charge is -2.37. The first-order valence-corrected chi connectivity index (χ1v) is 8.94. The predicted octanol–water partition coefficient (Wildman–Crippen LogP) is 2.05. The topological polar surface area (TPSA) is 67.9 Å². The van der Waals surface area contributed by atoms with Crippen molar-refractivity contribution < 1.29 is 19.1 Å². The summed E-state index contributed by atoms with van der Waals surface area (Å²) in [4.78, 5) is 26.5. The third-order valence-corrected chi connectivity index (χ3v) is 4.69. The molecule has 0 unspecified atom stereocenters. The fraction of sp³-hybridized carbons (Fsp3) is 0.579. The van der Waals surface area contributed by atoms with Gasteiger partial charge in [0.2, 0.25) is 0 Å². The van der Waals surface area contributed by atoms with Crippen LogP contribution in [0.15, 0.2) is 24.3 Å². The van der Waals surface area contributed by atoms with E-state index < -0.39 is 5.79 Å². The fourth-order valence-electron chi connectivity index (χ4n) is 3.18. The molecule has 0 atom stereocenters. The van der Waals surface area contributed by atoms with Crippen molar-refractivity contribution in [2.24, 2.45) is 5.92 Å². The Morgan fingerprint density at radius 2 is 1.64 bits per heavy atom. The van der Waals surface area contributed by atoms with E-state index in [2.05, 4.69) is 5.32 Å². The minimum atomic E-state index is -0.477. The Kier molecular flexibility index (Phi) is 5.39. The minimum Gasteiger partial charge on any atom is -0.352 e. The van der Waals surface area contributed by atoms with Crippen LogP contribution in [-0.2, 0) is 9.47 Å². The molecule has 2 aliphatic heterocycles. The average Bonchev–Trinajstić information content (AvgIpc) is 3.08. The van der Waals surface area contributed by atoms with Gasteiger partial charge in [-0.3, -0.25) is 9.59 Å². The van der Waals surface area contributed by atoms with Crippen molar-refractivity contribution in [3.8, 4) is 0 Å². The first kappa shape index (κ1) is 17.9. The molecule has 0 aliphatic carbocycles. The summed E-state index contributed by atoms with van der Waals surface area (Å²) in [5.41, 5.74) is 1.17. The van der Waals surface area contributed by atoms with Crippen LogP contribution in [0.4, 0.5) is 0 Å². The maximum Gasteiger partial charge on any atom is 0.253 e. The lowest BCUT2D eigenvalue weighted by atomic mass is 10.0. The number of hydrogen-bond acceptors (Lipinski definition) is 4. The van der Waals surface area contributed by atoms with Crippen LogP contribution in [0.5, 0.6) is 0 Å². The molecule has 3 rings (SSSR count). The number of likely N-dealkylation sites (tertiary alicyclic amines) is 1. The lowest BCUT2D eigenvalue weighted by molar-refractivity contribution is -0.181. The monoisotopic (exact) mass is 346 g/mol. The number of nitrogens with one attached hydrogen (secondary N) is 1. The zero-order chi connectivity index (χ0) is 17.9. The zero-order valence-corrected chi connectivity index (χ0v) is 14.9. The molecule has 0 radical (unpaired) electrons. The van der Waals surface area contributed by atoms with Crippen molar-refractivity contribution >= 4 is 11.8 Å². The molecule has 2 heterocycles. The first-order chi connectivity index (χ1) is 12.0. The number of rotatable bonds is 4. The Morgan fingerprint density at radius 1 is 1.08 bits per heavy atom. The minimum absolute atomic E-state index is 0.0121. The van der Waals surface area contributed by atoms with Crippen molar-refractivity contribution in [2.45, 2.75) is 32.5 Å². The highest BCUT2D eigenvalue weighted by Gasteiger charge is 2.40. The summed E-state index contributed by atoms with van der Waals surface area (Å²) in [5, 5.41) is 2.88. The van der Waals surface area contributed by atoms with Gasteiger partial charge in [-0.1, -0.05) is 13.8 Å². The zero-order valence-electron chi connectivity index (χ0n) is 14.9. The Labute approximate surface area is 148 Å². The molecule has 0 aromatic heterocycles. The Bertz CT molecular complexity index is 611. The molecule has 2 fully saturated rings. The summed E-state index contributed by atoms with van der Waals surface area (Å²) in [6.07, 6.45) is 1.41. The van der Waals surface area contributed by atoms with Gasteiger partial charge in [-0.15, -0.1) is 0 Å². The number of piperidine rings is 1. The standard InChI is InChI=1S/C19H26N2O4/c1-14(2)13-20-17(22)15-3-5-16(6-4-15)18(23)21-9-7-19(8-10-21)24-11-12-25-19/h3-6,14H,7-13H2,1-2H3,(H,20,22). The van der Waals surface area contributed by atoms with Crippen molar-refractivity contribution in [3.63, 3.8) is 0 Å². The number of nitrogens with zero attached hydrogens (tertiary/aromatic N) is 1. The average molecular weight is 346 g/mol. The van der Waals surface area contributed by atoms with Gasteiger partial charge in [-0.2, -0.15) is 0 Å². The molecule has 0 bridgehead atoms. The smallest absolute Gasteiger partial charge is 0.253 e. The van der Waals surface area contributed by atoms with E-state index in [4.69, 9.17) is 9.47 Å². The van der Waals surface area contributed by atoms with Crippen molar-refractivity contribution in [3.05, 3.63) is 35.4 Å². The number of benzene rings is 1. The van der Waals surface area contributed by atoms with Gasteiger partial charge in [0, 0.05) is 43.6 Å². The van der Waals surface area contributed by atoms with E-state index in [1.165, 1.54) is 0 Å². The molecule has 6 heteroatoms. The molecule has 2 aliphatic rings. The van der Waals surface area contributed by atoms with Gasteiger partial charge in [-0.05, 0) is 30.2 Å². The van der Waals surface area contributed by atoms with Crippen LogP contribution < -0.4 is 5.32 Å². The Hall–Kier alpha value is -1.92. The number of carbonyl (C=O) groups excluding carboxylic acids is 2. The van der Waals surface area contributed by atoms with E-state index in [0.29, 0.717) is 62.7 Å². The molecule has 136 valence electrons. The van der Waals surface area contributed by atoms with Crippen LogP contribution in [0.1, 0.15) is 47.4 Å². The van der Waals surface area contributed by atoms with Gasteiger partial charge >= 0.3 is 0 Å². The van der Waals surface area contributed by atoms with Crippen molar-refractivity contribution in [1.29, 1.82) is 0 Å². The van der Waals surface area contributed by atoms with Gasteiger partial charge in [0.1, 0.15) is 0 Å². The molecule has 1 N–H and O–H groups in total. The normalized spacial score (nSPS) is 19.4. The highest BCUT2D eigenvalue weighted by atomic mass is 16.7. The quantitative estimate of drug-likeness (QED) is 0.906. The number of hydrogen-bond donors (Lipinski definition) is 1. The maximum atomic E-state index is 12.6. The summed E-state index contributed by atoms with van der Waals surface area (Å²) in [6, 6.07) is 6.86. The molecule has 1 aromatic rings. The number of carbonyl (C=O) groups is 2. The third kappa shape index (κ3) is 4.19. The van der Waals surface area contributed by atoms with E-state index in [1.807, 2.05) is 18.7 Å². The number of amides is 2. The summed E-state index contributed by atoms with van der Waals surface area (Å²) < 4.78 is 11.4. The summed E-state index contributed by atoms with van der Waals surface area (Å²) >= 11 is 0. The van der Waals surface area contributed by atoms with Crippen LogP contribution >= 0.6 is 0 Å². The summed E-state index contributed by atoms with van der Waals surface area (Å²) in [6.45, 7) is 7.24. The van der Waals surface area contributed by atoms with Crippen LogP contribution in [0.25, 0.3) is 0 Å². The van der Waals surface area contributed by atoms with E-state index in [0.717, 1.165) is 0 Å². The Balaban J connectivity index is 1.57. The van der Waals surface area contributed by atoms with Crippen LogP contribution in [0, 0.1) is 5.92 Å². The highest BCUT2D eigenvalue weighted by Crippen LogP contribution is 2.31. The van der Waals surface area contributed by atoms with Gasteiger partial charge in [0.05, 0.1) is 13.2 Å². The lowest BCUT2D eigenvalue weighted by Crippen LogP contribution is -2.47. The second kappa shape index (κ2) is 7.54. The van der Waals surface area contributed by atoms with Gasteiger partial charge in [0.25, 0.3) is 11.8 Å². The number of ether oxygens (including phenoxy) is 2. The Morgan fingerprint density at radius 3 is 2.20 bits per heavy atom. The van der Waals surface area contributed by atoms with Crippen LogP contribution in [0.2, 0.25) is 0 Å². The second-order valence-corrected chi connectivity index (χ2v) is 7.08. The molecule has 25 heavy (non-hydrogen) atoms. The molecule has 6 nitrogen and oxygen atoms in total. The van der Waals surface area contributed by atoms with Gasteiger partial charge in [0.15, 0.2) is 5.79 Å². The predicted molar refractivity (Wildman–Crippen MR) is 93.4 cm³/mol. The summed E-state index contributed by atoms with van der Waals surface area (Å²) in [5.74, 6) is -0.194. The van der Waals surface area contributed by atoms with E-state index >= 15 is 0 Å². The maximum absolute atomic E-state index is 12.6. The van der Waals surface area contributed by atoms with Crippen molar-refractivity contribution in [1.82, 2.24) is 10.2 Å². The second-order valence-electron chi connectivity index (χ2n) is 7.08. The summed E-state index contributed by atoms with van der Waals surface area (Å²) in [7, 11) is 0. The molecule has 0 saturated carbocycles. The van der Waals surface area contributed by atoms with E-state index in [-0.39, 0.29) is 11.8 Å². The third-order valence-electron chi connectivity index (χ3n) is 4.69. The molecule has 2 amide bonds. The molecule has 2 saturated heterocycles. The molecule has 1 spiro atoms. The van der Waals surface area contributed by atoms with Gasteiger partial charge < -0.3 is 19.7 Å². The largest absolute Gasteiger partial charge is 0.352 e. The fourth-order valence-corrected chi connectivity index (χ4v) is 3.18. The first-order valence-electron chi connectivity index (χ1n) is 8.94. The van der Waals surface area contributed by atoms with Crippen LogP contribution in [-0.4, -0.2) is 55.3 Å². The highest BCUT2D eigenvalue weighted by molar-refractivity contribution is 5.97. The van der Waals surface area contributed by atoms with Crippen molar-refractivity contribution in [2.75, 3.05) is 32.8 Å². The van der Waals surface area contributed by atoms with E-state index in [1.54, 1.807) is 24.3 Å². The van der Waals surface area contributed by atoms with Gasteiger partial charge in [-0.25, -0.2) is 0 Å². The molecular formula is C19H26N2O4. The van der Waals surface area contributed by atoms with Crippen LogP contribution in [0.3, 0.4) is 0 Å². The van der Waals surface area contributed by atoms with E-state index in [9.17, 15) is 9.59 Å². The molecule has 1 aromatic carbocycles. The molecular weight excluding hydrogens is 320 g/mol. The SMILES string of the molecule is CC(C)CNC(=O)c1ccc(C(=O)N2CCC3(CC2)OCCO3)cc1.